The summed E-state index contributed by atoms with van der Waals surface area (Å²) >= 11 is 0. The molecule has 1 aromatic carbocycles. The molecule has 0 aliphatic carbocycles. The fourth-order valence-corrected chi connectivity index (χ4v) is 1.69. The first-order valence-electron chi connectivity index (χ1n) is 5.89. The number of aliphatic hydroxyl groups is 2. The van der Waals surface area contributed by atoms with E-state index in [1.165, 1.54) is 0 Å². The van der Waals surface area contributed by atoms with Gasteiger partial charge in [0.1, 0.15) is 0 Å². The molecule has 0 aliphatic heterocycles. The molecular formula is C14H23NO2. The van der Waals surface area contributed by atoms with Crippen LogP contribution in [-0.4, -0.2) is 40.9 Å². The van der Waals surface area contributed by atoms with Gasteiger partial charge in [-0.05, 0) is 33.4 Å². The van der Waals surface area contributed by atoms with Crippen LogP contribution in [0.25, 0.3) is 0 Å². The van der Waals surface area contributed by atoms with Crippen LogP contribution in [0.3, 0.4) is 0 Å². The molecule has 0 fully saturated rings. The predicted octanol–water partition coefficient (Wildman–Crippen LogP) is 1.60. The van der Waals surface area contributed by atoms with Gasteiger partial charge < -0.3 is 10.2 Å². The van der Waals surface area contributed by atoms with Gasteiger partial charge in [0.05, 0.1) is 12.2 Å². The van der Waals surface area contributed by atoms with Crippen molar-refractivity contribution in [2.24, 2.45) is 0 Å². The van der Waals surface area contributed by atoms with Crippen LogP contribution in [0.15, 0.2) is 30.3 Å². The monoisotopic (exact) mass is 237 g/mol. The number of nitrogens with zero attached hydrogens (tertiary/aromatic N) is 1. The van der Waals surface area contributed by atoms with Crippen LogP contribution in [0, 0.1) is 0 Å². The minimum absolute atomic E-state index is 0.0639. The first-order chi connectivity index (χ1) is 7.79. The van der Waals surface area contributed by atoms with Crippen molar-refractivity contribution in [1.29, 1.82) is 0 Å². The Hall–Kier alpha value is -0.900. The molecule has 1 aromatic rings. The Morgan fingerprint density at radius 1 is 1.12 bits per heavy atom. The predicted molar refractivity (Wildman–Crippen MR) is 69.8 cm³/mol. The van der Waals surface area contributed by atoms with Gasteiger partial charge in [-0.1, -0.05) is 30.3 Å². The Balaban J connectivity index is 2.80. The second-order valence-corrected chi connectivity index (χ2v) is 5.47. The number of hydrogen-bond donors (Lipinski definition) is 2. The number of hydrogen-bond acceptors (Lipinski definition) is 3. The van der Waals surface area contributed by atoms with E-state index in [-0.39, 0.29) is 12.1 Å². The summed E-state index contributed by atoms with van der Waals surface area (Å²) in [5, 5.41) is 19.8. The lowest BCUT2D eigenvalue weighted by Gasteiger charge is -2.38. The smallest absolute Gasteiger partial charge is 0.0994 e. The van der Waals surface area contributed by atoms with Gasteiger partial charge in [0.25, 0.3) is 0 Å². The molecule has 96 valence electrons. The molecule has 0 bridgehead atoms. The lowest BCUT2D eigenvalue weighted by atomic mass is 9.93. The summed E-state index contributed by atoms with van der Waals surface area (Å²) in [7, 11) is 1.91. The lowest BCUT2D eigenvalue weighted by molar-refractivity contribution is -0.0199. The highest BCUT2D eigenvalue weighted by Crippen LogP contribution is 2.24. The van der Waals surface area contributed by atoms with E-state index in [4.69, 9.17) is 0 Å². The van der Waals surface area contributed by atoms with Crippen LogP contribution in [0.2, 0.25) is 0 Å². The van der Waals surface area contributed by atoms with E-state index in [1.54, 1.807) is 6.92 Å². The van der Waals surface area contributed by atoms with Gasteiger partial charge in [-0.25, -0.2) is 0 Å². The Bertz CT molecular complexity index is 346. The first-order valence-corrected chi connectivity index (χ1v) is 5.89. The van der Waals surface area contributed by atoms with E-state index in [2.05, 4.69) is 0 Å². The molecule has 2 N–H and O–H groups in total. The van der Waals surface area contributed by atoms with E-state index in [0.29, 0.717) is 6.54 Å². The highest BCUT2D eigenvalue weighted by molar-refractivity contribution is 5.21. The number of rotatable bonds is 5. The maximum absolute atomic E-state index is 10.5. The van der Waals surface area contributed by atoms with Crippen LogP contribution in [0.5, 0.6) is 0 Å². The highest BCUT2D eigenvalue weighted by atomic mass is 16.3. The molecule has 0 aliphatic rings. The minimum atomic E-state index is -0.914. The Kier molecular flexibility index (Phi) is 4.31. The van der Waals surface area contributed by atoms with Gasteiger partial charge in [-0.2, -0.15) is 0 Å². The number of benzene rings is 1. The van der Waals surface area contributed by atoms with Crippen molar-refractivity contribution in [2.75, 3.05) is 20.2 Å². The molecule has 0 aromatic heterocycles. The topological polar surface area (TPSA) is 43.7 Å². The highest BCUT2D eigenvalue weighted by Gasteiger charge is 2.31. The van der Waals surface area contributed by atoms with E-state index < -0.39 is 5.60 Å². The molecule has 0 radical (unpaired) electrons. The normalized spacial score (nSPS) is 15.9. The fourth-order valence-electron chi connectivity index (χ4n) is 1.69. The molecule has 3 nitrogen and oxygen atoms in total. The third-order valence-electron chi connectivity index (χ3n) is 3.36. The lowest BCUT2D eigenvalue weighted by Crippen LogP contribution is -2.49. The van der Waals surface area contributed by atoms with Crippen LogP contribution in [0.4, 0.5) is 0 Å². The average molecular weight is 237 g/mol. The molecule has 1 rings (SSSR count). The molecule has 17 heavy (non-hydrogen) atoms. The van der Waals surface area contributed by atoms with Gasteiger partial charge in [-0.15, -0.1) is 0 Å². The summed E-state index contributed by atoms with van der Waals surface area (Å²) in [4.78, 5) is 1.97. The van der Waals surface area contributed by atoms with Crippen LogP contribution < -0.4 is 0 Å². The number of likely N-dealkylation sites (N-methyl/N-ethyl adjacent to an activating group) is 1. The quantitative estimate of drug-likeness (QED) is 0.817. The van der Waals surface area contributed by atoms with Crippen molar-refractivity contribution in [3.63, 3.8) is 0 Å². The standard InChI is InChI=1S/C14H23NO2/c1-13(2,11-16)15(4)10-14(3,17)12-8-6-5-7-9-12/h5-9,16-17H,10-11H2,1-4H3. The maximum atomic E-state index is 10.5. The molecule has 0 spiro atoms. The summed E-state index contributed by atoms with van der Waals surface area (Å²) < 4.78 is 0. The van der Waals surface area contributed by atoms with Crippen molar-refractivity contribution >= 4 is 0 Å². The molecule has 0 saturated heterocycles. The van der Waals surface area contributed by atoms with Gasteiger partial charge in [0, 0.05) is 12.1 Å². The third-order valence-corrected chi connectivity index (χ3v) is 3.36. The number of aliphatic hydroxyl groups excluding tert-OH is 1. The second-order valence-electron chi connectivity index (χ2n) is 5.47. The van der Waals surface area contributed by atoms with Gasteiger partial charge in [0.15, 0.2) is 0 Å². The summed E-state index contributed by atoms with van der Waals surface area (Å²) in [5.41, 5.74) is -0.359. The second kappa shape index (κ2) is 5.17. The minimum Gasteiger partial charge on any atom is -0.394 e. The van der Waals surface area contributed by atoms with E-state index in [1.807, 2.05) is 56.1 Å². The van der Waals surface area contributed by atoms with Crippen LogP contribution in [-0.2, 0) is 5.60 Å². The molecule has 0 heterocycles. The zero-order valence-electron chi connectivity index (χ0n) is 11.1. The summed E-state index contributed by atoms with van der Waals surface area (Å²) in [6.07, 6.45) is 0. The molecule has 0 saturated carbocycles. The third kappa shape index (κ3) is 3.53. The van der Waals surface area contributed by atoms with Gasteiger partial charge >= 0.3 is 0 Å². The van der Waals surface area contributed by atoms with Gasteiger partial charge in [-0.3, -0.25) is 4.90 Å². The zero-order chi connectivity index (χ0) is 13.1. The Labute approximate surface area is 104 Å². The molecule has 3 heteroatoms. The molecule has 0 amide bonds. The van der Waals surface area contributed by atoms with Gasteiger partial charge in [0.2, 0.25) is 0 Å². The average Bonchev–Trinajstić information content (AvgIpc) is 2.29. The largest absolute Gasteiger partial charge is 0.394 e. The number of β-amino-alcohol motifs (C(OH)–C–C–N with tert-alkyl or cyclic N) is 1. The first kappa shape index (κ1) is 14.2. The van der Waals surface area contributed by atoms with E-state index in [0.717, 1.165) is 5.56 Å². The molecular weight excluding hydrogens is 214 g/mol. The zero-order valence-corrected chi connectivity index (χ0v) is 11.1. The summed E-state index contributed by atoms with van der Waals surface area (Å²) in [6, 6.07) is 9.60. The van der Waals surface area contributed by atoms with Crippen molar-refractivity contribution in [1.82, 2.24) is 4.90 Å². The fraction of sp³-hybridized carbons (Fsp3) is 0.571. The van der Waals surface area contributed by atoms with Crippen LogP contribution >= 0.6 is 0 Å². The SMILES string of the molecule is CN(CC(C)(O)c1ccccc1)C(C)(C)CO. The van der Waals surface area contributed by atoms with Crippen molar-refractivity contribution < 1.29 is 10.2 Å². The Morgan fingerprint density at radius 2 is 1.65 bits per heavy atom. The maximum Gasteiger partial charge on any atom is 0.0994 e. The van der Waals surface area contributed by atoms with E-state index >= 15 is 0 Å². The summed E-state index contributed by atoms with van der Waals surface area (Å²) in [5.74, 6) is 0. The molecule has 1 unspecified atom stereocenters. The van der Waals surface area contributed by atoms with E-state index in [9.17, 15) is 10.2 Å². The van der Waals surface area contributed by atoms with Crippen molar-refractivity contribution in [3.05, 3.63) is 35.9 Å². The summed E-state index contributed by atoms with van der Waals surface area (Å²) in [6.45, 7) is 6.24. The Morgan fingerprint density at radius 3 is 2.12 bits per heavy atom. The van der Waals surface area contributed by atoms with Crippen LogP contribution in [0.1, 0.15) is 26.3 Å². The molecule has 1 atom stereocenters. The van der Waals surface area contributed by atoms with Crippen molar-refractivity contribution in [3.8, 4) is 0 Å². The van der Waals surface area contributed by atoms with Crippen molar-refractivity contribution in [2.45, 2.75) is 31.9 Å².